The highest BCUT2D eigenvalue weighted by atomic mass is 16.2. The van der Waals surface area contributed by atoms with E-state index in [0.717, 1.165) is 16.6 Å². The lowest BCUT2D eigenvalue weighted by Gasteiger charge is -2.17. The van der Waals surface area contributed by atoms with Gasteiger partial charge in [-0.1, -0.05) is 48.0 Å². The van der Waals surface area contributed by atoms with Gasteiger partial charge in [-0.3, -0.25) is 14.4 Å². The van der Waals surface area contributed by atoms with E-state index in [1.807, 2.05) is 49.4 Å². The van der Waals surface area contributed by atoms with Gasteiger partial charge in [-0.2, -0.15) is 0 Å². The van der Waals surface area contributed by atoms with Crippen molar-refractivity contribution in [3.05, 3.63) is 71.4 Å². The Bertz CT molecular complexity index is 1050. The van der Waals surface area contributed by atoms with E-state index in [2.05, 4.69) is 10.3 Å². The number of amides is 2. The van der Waals surface area contributed by atoms with E-state index in [1.54, 1.807) is 11.0 Å². The molecule has 0 bridgehead atoms. The third-order valence-corrected chi connectivity index (χ3v) is 5.14. The number of nitrogens with one attached hydrogen (secondary N) is 2. The van der Waals surface area contributed by atoms with Crippen LogP contribution in [0.5, 0.6) is 0 Å². The number of likely N-dealkylation sites (tertiary alicyclic amines) is 1. The van der Waals surface area contributed by atoms with Gasteiger partial charge in [-0.05, 0) is 25.0 Å². The summed E-state index contributed by atoms with van der Waals surface area (Å²) in [6, 6.07) is 14.6. The third-order valence-electron chi connectivity index (χ3n) is 5.14. The van der Waals surface area contributed by atoms with E-state index in [0.29, 0.717) is 30.5 Å². The quantitative estimate of drug-likeness (QED) is 0.531. The van der Waals surface area contributed by atoms with Crippen molar-refractivity contribution in [2.24, 2.45) is 0 Å². The van der Waals surface area contributed by atoms with Crippen molar-refractivity contribution in [2.45, 2.75) is 25.9 Å². The maximum Gasteiger partial charge on any atom is 0.293 e. The Hall–Kier alpha value is -3.41. The highest BCUT2D eigenvalue weighted by Gasteiger charge is 2.34. The first-order chi connectivity index (χ1) is 13.5. The third kappa shape index (κ3) is 3.41. The van der Waals surface area contributed by atoms with Crippen molar-refractivity contribution in [1.82, 2.24) is 15.2 Å². The molecule has 1 aromatic heterocycles. The summed E-state index contributed by atoms with van der Waals surface area (Å²) >= 11 is 0. The smallest absolute Gasteiger partial charge is 0.293 e. The second-order valence-electron chi connectivity index (χ2n) is 7.14. The topological polar surface area (TPSA) is 82.3 Å². The van der Waals surface area contributed by atoms with Crippen LogP contribution in [0.25, 0.3) is 10.9 Å². The van der Waals surface area contributed by atoms with Gasteiger partial charge < -0.3 is 15.2 Å². The maximum absolute atomic E-state index is 12.6. The normalized spacial score (nSPS) is 16.5. The number of hydrogen-bond donors (Lipinski definition) is 2. The fourth-order valence-corrected chi connectivity index (χ4v) is 3.55. The number of carbonyl (C=O) groups excluding carboxylic acids is 3. The Kier molecular flexibility index (Phi) is 4.69. The molecule has 3 aromatic rings. The minimum atomic E-state index is -0.750. The molecule has 1 fully saturated rings. The summed E-state index contributed by atoms with van der Waals surface area (Å²) in [5.74, 6) is -1.54. The second-order valence-corrected chi connectivity index (χ2v) is 7.14. The first-order valence-electron chi connectivity index (χ1n) is 9.28. The number of aromatic nitrogens is 1. The molecule has 142 valence electrons. The van der Waals surface area contributed by atoms with Gasteiger partial charge in [0, 0.05) is 30.2 Å². The van der Waals surface area contributed by atoms with Gasteiger partial charge in [0.05, 0.1) is 5.56 Å². The number of aromatic amines is 1. The number of hydrogen-bond acceptors (Lipinski definition) is 3. The predicted octanol–water partition coefficient (Wildman–Crippen LogP) is 2.58. The monoisotopic (exact) mass is 375 g/mol. The van der Waals surface area contributed by atoms with Crippen LogP contribution < -0.4 is 5.32 Å². The Labute approximate surface area is 162 Å². The maximum atomic E-state index is 12.6. The number of carbonyl (C=O) groups is 3. The number of fused-ring (bicyclic) bond motifs is 1. The van der Waals surface area contributed by atoms with Gasteiger partial charge in [-0.15, -0.1) is 0 Å². The lowest BCUT2D eigenvalue weighted by atomic mass is 10.1. The molecule has 2 amide bonds. The van der Waals surface area contributed by atoms with Crippen LogP contribution in [0.4, 0.5) is 0 Å². The lowest BCUT2D eigenvalue weighted by Crippen LogP contribution is -2.44. The molecule has 1 aliphatic heterocycles. The van der Waals surface area contributed by atoms with Crippen molar-refractivity contribution >= 4 is 28.5 Å². The van der Waals surface area contributed by atoms with E-state index in [9.17, 15) is 14.4 Å². The van der Waals surface area contributed by atoms with Crippen LogP contribution in [-0.2, 0) is 16.1 Å². The van der Waals surface area contributed by atoms with Crippen molar-refractivity contribution in [2.75, 3.05) is 6.54 Å². The molecular weight excluding hydrogens is 354 g/mol. The number of rotatable bonds is 5. The van der Waals surface area contributed by atoms with Gasteiger partial charge in [0.1, 0.15) is 6.04 Å². The number of ketones is 1. The molecule has 0 saturated carbocycles. The Balaban J connectivity index is 1.41. The molecule has 2 heterocycles. The van der Waals surface area contributed by atoms with Gasteiger partial charge in [-0.25, -0.2) is 0 Å². The van der Waals surface area contributed by atoms with Crippen LogP contribution in [0.3, 0.4) is 0 Å². The number of nitrogens with zero attached hydrogens (tertiary/aromatic N) is 1. The fraction of sp³-hybridized carbons (Fsp3) is 0.227. The summed E-state index contributed by atoms with van der Waals surface area (Å²) in [5, 5.41) is 3.31. The Morgan fingerprint density at radius 2 is 1.89 bits per heavy atom. The summed E-state index contributed by atoms with van der Waals surface area (Å²) in [4.78, 5) is 42.3. The van der Waals surface area contributed by atoms with Crippen LogP contribution >= 0.6 is 0 Å². The SMILES string of the molecule is Cc1ccc(CN2CCC(NC(=O)C(=O)c3c[nH]c4ccccc34)C2=O)cc1. The van der Waals surface area contributed by atoms with E-state index < -0.39 is 17.7 Å². The van der Waals surface area contributed by atoms with Gasteiger partial charge in [0.2, 0.25) is 5.91 Å². The highest BCUT2D eigenvalue weighted by Crippen LogP contribution is 2.19. The van der Waals surface area contributed by atoms with Crippen LogP contribution in [0.2, 0.25) is 0 Å². The molecule has 6 heteroatoms. The average Bonchev–Trinajstić information content (AvgIpc) is 3.28. The van der Waals surface area contributed by atoms with E-state index in [-0.39, 0.29) is 5.91 Å². The van der Waals surface area contributed by atoms with Crippen LogP contribution in [0, 0.1) is 6.92 Å². The molecule has 1 unspecified atom stereocenters. The molecule has 2 N–H and O–H groups in total. The Morgan fingerprint density at radius 1 is 1.14 bits per heavy atom. The Morgan fingerprint density at radius 3 is 2.68 bits per heavy atom. The highest BCUT2D eigenvalue weighted by molar-refractivity contribution is 6.45. The number of Topliss-reactive ketones (excluding diaryl/α,β-unsaturated/α-hetero) is 1. The minimum absolute atomic E-state index is 0.152. The molecule has 28 heavy (non-hydrogen) atoms. The predicted molar refractivity (Wildman–Crippen MR) is 106 cm³/mol. The van der Waals surface area contributed by atoms with Crippen LogP contribution in [0.15, 0.2) is 54.7 Å². The fourth-order valence-electron chi connectivity index (χ4n) is 3.55. The average molecular weight is 375 g/mol. The number of benzene rings is 2. The van der Waals surface area contributed by atoms with Crippen molar-refractivity contribution < 1.29 is 14.4 Å². The second kappa shape index (κ2) is 7.31. The van der Waals surface area contributed by atoms with Gasteiger partial charge >= 0.3 is 0 Å². The first-order valence-corrected chi connectivity index (χ1v) is 9.28. The van der Waals surface area contributed by atoms with Crippen molar-refractivity contribution in [1.29, 1.82) is 0 Å². The molecule has 4 rings (SSSR count). The molecular formula is C22H21N3O3. The molecule has 1 aliphatic rings. The molecule has 0 radical (unpaired) electrons. The van der Waals surface area contributed by atoms with E-state index in [1.165, 1.54) is 6.20 Å². The first kappa shape index (κ1) is 18.0. The standard InChI is InChI=1S/C22H21N3O3/c1-14-6-8-15(9-7-14)13-25-11-10-19(22(25)28)24-21(27)20(26)17-12-23-18-5-3-2-4-16(17)18/h2-9,12,19,23H,10-11,13H2,1H3,(H,24,27). The molecule has 0 spiro atoms. The zero-order chi connectivity index (χ0) is 19.7. The zero-order valence-corrected chi connectivity index (χ0v) is 15.6. The number of H-pyrrole nitrogens is 1. The van der Waals surface area contributed by atoms with Crippen LogP contribution in [-0.4, -0.2) is 40.1 Å². The molecule has 1 saturated heterocycles. The lowest BCUT2D eigenvalue weighted by molar-refractivity contribution is -0.132. The van der Waals surface area contributed by atoms with Gasteiger partial charge in [0.25, 0.3) is 11.7 Å². The number of para-hydroxylation sites is 1. The minimum Gasteiger partial charge on any atom is -0.360 e. The van der Waals surface area contributed by atoms with Crippen molar-refractivity contribution in [3.63, 3.8) is 0 Å². The molecule has 0 aliphatic carbocycles. The van der Waals surface area contributed by atoms with E-state index >= 15 is 0 Å². The summed E-state index contributed by atoms with van der Waals surface area (Å²) in [5.41, 5.74) is 3.31. The van der Waals surface area contributed by atoms with Gasteiger partial charge in [0.15, 0.2) is 0 Å². The number of aryl methyl sites for hydroxylation is 1. The van der Waals surface area contributed by atoms with Crippen molar-refractivity contribution in [3.8, 4) is 0 Å². The van der Waals surface area contributed by atoms with Crippen LogP contribution in [0.1, 0.15) is 27.9 Å². The summed E-state index contributed by atoms with van der Waals surface area (Å²) in [6.45, 7) is 3.07. The summed E-state index contributed by atoms with van der Waals surface area (Å²) in [7, 11) is 0. The zero-order valence-electron chi connectivity index (χ0n) is 15.6. The molecule has 1 atom stereocenters. The molecule has 2 aromatic carbocycles. The summed E-state index contributed by atoms with van der Waals surface area (Å²) < 4.78 is 0. The largest absolute Gasteiger partial charge is 0.360 e. The molecule has 6 nitrogen and oxygen atoms in total. The van der Waals surface area contributed by atoms with E-state index in [4.69, 9.17) is 0 Å². The summed E-state index contributed by atoms with van der Waals surface area (Å²) in [6.07, 6.45) is 2.03.